The fraction of sp³-hybridized carbons (Fsp3) is 0.400. The van der Waals surface area contributed by atoms with Gasteiger partial charge >= 0.3 is 0 Å². The molecule has 0 unspecified atom stereocenters. The molecule has 0 bridgehead atoms. The molecule has 168 valence electrons. The van der Waals surface area contributed by atoms with Crippen molar-refractivity contribution < 1.29 is 19.1 Å². The number of benzene rings is 2. The number of para-hydroxylation sites is 1. The molecule has 0 radical (unpaired) electrons. The standard InChI is InChI=1S/C25H29N3O4/c1-2-32-20-13-11-19(12-14-20)28-16-17(15-23(28)29)24(30)27-22-10-6-5-9-21(22)25(31)26-18-7-3-4-8-18/h5-6,9-14,17-18H,2-4,7-8,15-16H2,1H3,(H,26,31)(H,27,30)/t17-/m0/s1. The van der Waals surface area contributed by atoms with Crippen LogP contribution in [0.15, 0.2) is 48.5 Å². The topological polar surface area (TPSA) is 87.7 Å². The second-order valence-electron chi connectivity index (χ2n) is 8.32. The molecule has 1 heterocycles. The number of ether oxygens (including phenoxy) is 1. The molecule has 0 aromatic heterocycles. The maximum atomic E-state index is 13.0. The van der Waals surface area contributed by atoms with E-state index in [2.05, 4.69) is 10.6 Å². The van der Waals surface area contributed by atoms with E-state index in [1.54, 1.807) is 29.2 Å². The van der Waals surface area contributed by atoms with Crippen LogP contribution in [0.2, 0.25) is 0 Å². The van der Waals surface area contributed by atoms with Gasteiger partial charge in [-0.05, 0) is 56.2 Å². The summed E-state index contributed by atoms with van der Waals surface area (Å²) in [6, 6.07) is 14.5. The number of amides is 3. The second kappa shape index (κ2) is 9.85. The minimum atomic E-state index is -0.486. The van der Waals surface area contributed by atoms with Gasteiger partial charge in [0.15, 0.2) is 0 Å². The molecule has 4 rings (SSSR count). The molecule has 2 fully saturated rings. The number of carbonyl (C=O) groups is 3. The molecular formula is C25H29N3O4. The quantitative estimate of drug-likeness (QED) is 0.693. The van der Waals surface area contributed by atoms with Gasteiger partial charge in [0.25, 0.3) is 5.91 Å². The smallest absolute Gasteiger partial charge is 0.253 e. The van der Waals surface area contributed by atoms with Crippen LogP contribution < -0.4 is 20.3 Å². The molecule has 32 heavy (non-hydrogen) atoms. The van der Waals surface area contributed by atoms with Crippen molar-refractivity contribution in [3.05, 3.63) is 54.1 Å². The van der Waals surface area contributed by atoms with E-state index < -0.39 is 5.92 Å². The summed E-state index contributed by atoms with van der Waals surface area (Å²) in [6.07, 6.45) is 4.38. The Morgan fingerprint density at radius 1 is 1.06 bits per heavy atom. The third-order valence-corrected chi connectivity index (χ3v) is 6.08. The van der Waals surface area contributed by atoms with Crippen LogP contribution in [0.1, 0.15) is 49.4 Å². The fourth-order valence-corrected chi connectivity index (χ4v) is 4.38. The normalized spacial score (nSPS) is 18.6. The maximum absolute atomic E-state index is 13.0. The van der Waals surface area contributed by atoms with E-state index in [9.17, 15) is 14.4 Å². The Morgan fingerprint density at radius 3 is 2.50 bits per heavy atom. The lowest BCUT2D eigenvalue weighted by atomic mass is 10.1. The van der Waals surface area contributed by atoms with Crippen LogP contribution in [-0.2, 0) is 9.59 Å². The average molecular weight is 436 g/mol. The van der Waals surface area contributed by atoms with Crippen LogP contribution in [0, 0.1) is 5.92 Å². The molecule has 2 N–H and O–H groups in total. The van der Waals surface area contributed by atoms with Crippen molar-refractivity contribution in [3.8, 4) is 5.75 Å². The summed E-state index contributed by atoms with van der Waals surface area (Å²) in [5.41, 5.74) is 1.66. The summed E-state index contributed by atoms with van der Waals surface area (Å²) >= 11 is 0. The molecular weight excluding hydrogens is 406 g/mol. The zero-order chi connectivity index (χ0) is 22.5. The van der Waals surface area contributed by atoms with Gasteiger partial charge in [0.2, 0.25) is 11.8 Å². The molecule has 1 aliphatic carbocycles. The third kappa shape index (κ3) is 4.93. The molecule has 1 saturated heterocycles. The minimum absolute atomic E-state index is 0.0958. The van der Waals surface area contributed by atoms with Crippen molar-refractivity contribution >= 4 is 29.1 Å². The van der Waals surface area contributed by atoms with Crippen LogP contribution >= 0.6 is 0 Å². The summed E-state index contributed by atoms with van der Waals surface area (Å²) in [4.78, 5) is 39.9. The van der Waals surface area contributed by atoms with Crippen molar-refractivity contribution in [3.63, 3.8) is 0 Å². The highest BCUT2D eigenvalue weighted by molar-refractivity contribution is 6.07. The first-order valence-electron chi connectivity index (χ1n) is 11.3. The molecule has 2 aromatic carbocycles. The zero-order valence-corrected chi connectivity index (χ0v) is 18.3. The van der Waals surface area contributed by atoms with E-state index in [0.717, 1.165) is 37.1 Å². The van der Waals surface area contributed by atoms with Gasteiger partial charge in [-0.3, -0.25) is 14.4 Å². The summed E-state index contributed by atoms with van der Waals surface area (Å²) in [7, 11) is 0. The lowest BCUT2D eigenvalue weighted by Crippen LogP contribution is -2.34. The van der Waals surface area contributed by atoms with E-state index in [0.29, 0.717) is 24.4 Å². The molecule has 1 aliphatic heterocycles. The van der Waals surface area contributed by atoms with E-state index in [4.69, 9.17) is 4.74 Å². The number of nitrogens with zero attached hydrogens (tertiary/aromatic N) is 1. The van der Waals surface area contributed by atoms with Crippen molar-refractivity contribution in [1.82, 2.24) is 5.32 Å². The number of anilines is 2. The molecule has 0 spiro atoms. The van der Waals surface area contributed by atoms with E-state index in [1.807, 2.05) is 31.2 Å². The molecule has 2 aliphatic rings. The highest BCUT2D eigenvalue weighted by Crippen LogP contribution is 2.28. The number of carbonyl (C=O) groups excluding carboxylic acids is 3. The van der Waals surface area contributed by atoms with Crippen molar-refractivity contribution in [2.45, 2.75) is 45.1 Å². The monoisotopic (exact) mass is 435 g/mol. The highest BCUT2D eigenvalue weighted by Gasteiger charge is 2.35. The van der Waals surface area contributed by atoms with Gasteiger partial charge < -0.3 is 20.3 Å². The largest absolute Gasteiger partial charge is 0.494 e. The number of rotatable bonds is 7. The van der Waals surface area contributed by atoms with Crippen LogP contribution in [-0.4, -0.2) is 36.9 Å². The Hall–Kier alpha value is -3.35. The molecule has 7 heteroatoms. The number of hydrogen-bond donors (Lipinski definition) is 2. The Morgan fingerprint density at radius 2 is 1.78 bits per heavy atom. The molecule has 2 aromatic rings. The summed E-state index contributed by atoms with van der Waals surface area (Å²) in [5.74, 6) is -0.273. The molecule has 7 nitrogen and oxygen atoms in total. The van der Waals surface area contributed by atoms with Crippen LogP contribution in [0.5, 0.6) is 5.75 Å². The first-order valence-corrected chi connectivity index (χ1v) is 11.3. The van der Waals surface area contributed by atoms with Gasteiger partial charge in [-0.1, -0.05) is 25.0 Å². The highest BCUT2D eigenvalue weighted by atomic mass is 16.5. The van der Waals surface area contributed by atoms with Gasteiger partial charge in [0.05, 0.1) is 23.8 Å². The second-order valence-corrected chi connectivity index (χ2v) is 8.32. The predicted molar refractivity (Wildman–Crippen MR) is 123 cm³/mol. The van der Waals surface area contributed by atoms with Gasteiger partial charge in [0.1, 0.15) is 5.75 Å². The van der Waals surface area contributed by atoms with Gasteiger partial charge in [-0.2, -0.15) is 0 Å². The van der Waals surface area contributed by atoms with Crippen molar-refractivity contribution in [2.75, 3.05) is 23.4 Å². The van der Waals surface area contributed by atoms with Crippen LogP contribution in [0.4, 0.5) is 11.4 Å². The Balaban J connectivity index is 1.41. The SMILES string of the molecule is CCOc1ccc(N2C[C@@H](C(=O)Nc3ccccc3C(=O)NC3CCCC3)CC2=O)cc1. The molecule has 1 atom stereocenters. The number of nitrogens with one attached hydrogen (secondary N) is 2. The minimum Gasteiger partial charge on any atom is -0.494 e. The number of hydrogen-bond acceptors (Lipinski definition) is 4. The maximum Gasteiger partial charge on any atom is 0.253 e. The van der Waals surface area contributed by atoms with E-state index in [1.165, 1.54) is 0 Å². The molecule has 3 amide bonds. The van der Waals surface area contributed by atoms with E-state index in [-0.39, 0.29) is 30.2 Å². The Kier molecular flexibility index (Phi) is 6.73. The summed E-state index contributed by atoms with van der Waals surface area (Å²) in [6.45, 7) is 2.79. The zero-order valence-electron chi connectivity index (χ0n) is 18.3. The first-order chi connectivity index (χ1) is 15.5. The lowest BCUT2D eigenvalue weighted by Gasteiger charge is -2.18. The Bertz CT molecular complexity index is 983. The van der Waals surface area contributed by atoms with Gasteiger partial charge in [-0.15, -0.1) is 0 Å². The Labute approximate surface area is 188 Å². The van der Waals surface area contributed by atoms with Crippen molar-refractivity contribution in [1.29, 1.82) is 0 Å². The summed E-state index contributed by atoms with van der Waals surface area (Å²) < 4.78 is 5.45. The third-order valence-electron chi connectivity index (χ3n) is 6.08. The fourth-order valence-electron chi connectivity index (χ4n) is 4.38. The van der Waals surface area contributed by atoms with E-state index >= 15 is 0 Å². The summed E-state index contributed by atoms with van der Waals surface area (Å²) in [5, 5.41) is 5.94. The molecule has 1 saturated carbocycles. The average Bonchev–Trinajstić information content (AvgIpc) is 3.44. The van der Waals surface area contributed by atoms with Crippen LogP contribution in [0.3, 0.4) is 0 Å². The van der Waals surface area contributed by atoms with Crippen molar-refractivity contribution in [2.24, 2.45) is 5.92 Å². The van der Waals surface area contributed by atoms with Crippen LogP contribution in [0.25, 0.3) is 0 Å². The van der Waals surface area contributed by atoms with Gasteiger partial charge in [0, 0.05) is 24.7 Å². The first kappa shape index (κ1) is 21.9. The predicted octanol–water partition coefficient (Wildman–Crippen LogP) is 3.75. The van der Waals surface area contributed by atoms with Gasteiger partial charge in [-0.25, -0.2) is 0 Å². The lowest BCUT2D eigenvalue weighted by molar-refractivity contribution is -0.122.